The standard InChI is InChI=1S/C8H7N7O3S/c9-11-6-4(2-1-3-5(6)15(17)18)7(16)10-8-12-13-14-19-8/h1-3,11H,9H2,(H,10,12,14,16). The van der Waals surface area contributed by atoms with Gasteiger partial charge in [-0.25, -0.2) is 0 Å². The maximum absolute atomic E-state index is 11.9. The Bertz CT molecular complexity index is 615. The molecular formula is C8H7N7O3S. The number of nitrogens with two attached hydrogens (primary N) is 1. The van der Waals surface area contributed by atoms with Crippen LogP contribution in [0.5, 0.6) is 0 Å². The van der Waals surface area contributed by atoms with Crippen molar-refractivity contribution < 1.29 is 9.72 Å². The van der Waals surface area contributed by atoms with Crippen molar-refractivity contribution in [2.75, 3.05) is 10.7 Å². The number of aromatic nitrogens is 3. The summed E-state index contributed by atoms with van der Waals surface area (Å²) in [6, 6.07) is 4.01. The quantitative estimate of drug-likeness (QED) is 0.413. The summed E-state index contributed by atoms with van der Waals surface area (Å²) in [6.45, 7) is 0. The minimum Gasteiger partial charge on any atom is -0.318 e. The number of nitrogens with zero attached hydrogens (tertiary/aromatic N) is 4. The number of nitro groups is 1. The third kappa shape index (κ3) is 2.61. The highest BCUT2D eigenvalue weighted by Crippen LogP contribution is 2.27. The van der Waals surface area contributed by atoms with Crippen LogP contribution >= 0.6 is 11.5 Å². The second kappa shape index (κ2) is 5.32. The van der Waals surface area contributed by atoms with E-state index in [-0.39, 0.29) is 22.1 Å². The van der Waals surface area contributed by atoms with E-state index in [0.717, 1.165) is 11.5 Å². The fourth-order valence-electron chi connectivity index (χ4n) is 1.38. The van der Waals surface area contributed by atoms with Crippen molar-refractivity contribution in [1.29, 1.82) is 0 Å². The Morgan fingerprint density at radius 1 is 1.47 bits per heavy atom. The van der Waals surface area contributed by atoms with E-state index in [1.807, 2.05) is 0 Å². The summed E-state index contributed by atoms with van der Waals surface area (Å²) in [5.41, 5.74) is 1.79. The molecule has 10 nitrogen and oxygen atoms in total. The van der Waals surface area contributed by atoms with Crippen LogP contribution in [0.4, 0.5) is 16.5 Å². The van der Waals surface area contributed by atoms with Gasteiger partial charge in [0.2, 0.25) is 5.13 Å². The molecule has 0 spiro atoms. The van der Waals surface area contributed by atoms with E-state index < -0.39 is 10.8 Å². The third-order valence-corrected chi connectivity index (χ3v) is 2.66. The van der Waals surface area contributed by atoms with Gasteiger partial charge in [-0.2, -0.15) is 0 Å². The van der Waals surface area contributed by atoms with Crippen molar-refractivity contribution in [3.8, 4) is 0 Å². The molecule has 0 aliphatic rings. The highest BCUT2D eigenvalue weighted by molar-refractivity contribution is 7.09. The molecular weight excluding hydrogens is 274 g/mol. The Labute approximate surface area is 109 Å². The molecule has 0 atom stereocenters. The molecule has 0 aliphatic carbocycles. The van der Waals surface area contributed by atoms with Crippen LogP contribution in [-0.4, -0.2) is 25.6 Å². The second-order valence-corrected chi connectivity index (χ2v) is 3.96. The molecule has 98 valence electrons. The maximum Gasteiger partial charge on any atom is 0.294 e. The number of rotatable bonds is 4. The number of anilines is 2. The number of benzene rings is 1. The Balaban J connectivity index is 2.36. The number of nitrogens with one attached hydrogen (secondary N) is 2. The molecule has 1 amide bonds. The summed E-state index contributed by atoms with van der Waals surface area (Å²) in [5.74, 6) is 4.63. The summed E-state index contributed by atoms with van der Waals surface area (Å²) in [7, 11) is 0. The number of para-hydroxylation sites is 1. The lowest BCUT2D eigenvalue weighted by Crippen LogP contribution is -2.18. The van der Waals surface area contributed by atoms with E-state index in [1.54, 1.807) is 0 Å². The minimum absolute atomic E-state index is 0.0203. The van der Waals surface area contributed by atoms with Gasteiger partial charge in [0.05, 0.1) is 10.5 Å². The average Bonchev–Trinajstić information content (AvgIpc) is 2.90. The Kier molecular flexibility index (Phi) is 3.58. The zero-order valence-electron chi connectivity index (χ0n) is 9.23. The van der Waals surface area contributed by atoms with Crippen LogP contribution in [0.15, 0.2) is 18.2 Å². The number of amides is 1. The van der Waals surface area contributed by atoms with E-state index in [0.29, 0.717) is 0 Å². The molecule has 4 N–H and O–H groups in total. The first-order valence-electron chi connectivity index (χ1n) is 4.84. The van der Waals surface area contributed by atoms with Crippen LogP contribution in [0, 0.1) is 10.1 Å². The molecule has 0 radical (unpaired) electrons. The molecule has 2 rings (SSSR count). The molecule has 0 saturated carbocycles. The van der Waals surface area contributed by atoms with Gasteiger partial charge in [-0.15, -0.1) is 0 Å². The summed E-state index contributed by atoms with van der Waals surface area (Å²) in [4.78, 5) is 22.1. The molecule has 1 heterocycles. The maximum atomic E-state index is 11.9. The molecule has 0 saturated heterocycles. The number of nitro benzene ring substituents is 1. The molecule has 0 bridgehead atoms. The Morgan fingerprint density at radius 3 is 2.84 bits per heavy atom. The topological polar surface area (TPSA) is 149 Å². The van der Waals surface area contributed by atoms with Crippen LogP contribution in [0.1, 0.15) is 10.4 Å². The molecule has 1 aromatic carbocycles. The van der Waals surface area contributed by atoms with Crippen molar-refractivity contribution in [3.05, 3.63) is 33.9 Å². The fourth-order valence-corrected chi connectivity index (χ4v) is 1.74. The van der Waals surface area contributed by atoms with E-state index in [2.05, 4.69) is 25.5 Å². The van der Waals surface area contributed by atoms with Gasteiger partial charge in [-0.3, -0.25) is 26.1 Å². The van der Waals surface area contributed by atoms with Crippen LogP contribution in [0.25, 0.3) is 0 Å². The van der Waals surface area contributed by atoms with Gasteiger partial charge in [-0.1, -0.05) is 15.7 Å². The lowest BCUT2D eigenvalue weighted by atomic mass is 10.1. The smallest absolute Gasteiger partial charge is 0.294 e. The van der Waals surface area contributed by atoms with Crippen LogP contribution in [-0.2, 0) is 0 Å². The molecule has 2 aromatic rings. The lowest BCUT2D eigenvalue weighted by Gasteiger charge is -2.07. The van der Waals surface area contributed by atoms with Crippen molar-refractivity contribution >= 4 is 33.9 Å². The SMILES string of the molecule is NNc1c(C(=O)Nc2nnns2)cccc1[N+](=O)[O-]. The van der Waals surface area contributed by atoms with Crippen LogP contribution < -0.4 is 16.6 Å². The first-order chi connectivity index (χ1) is 9.13. The number of carbonyl (C=O) groups is 1. The van der Waals surface area contributed by atoms with Gasteiger partial charge in [0, 0.05) is 17.6 Å². The predicted molar refractivity (Wildman–Crippen MR) is 66.6 cm³/mol. The minimum atomic E-state index is -0.640. The van der Waals surface area contributed by atoms with Crippen molar-refractivity contribution in [1.82, 2.24) is 14.8 Å². The molecule has 1 aromatic heterocycles. The average molecular weight is 281 g/mol. The molecule has 0 unspecified atom stereocenters. The van der Waals surface area contributed by atoms with Crippen molar-refractivity contribution in [2.45, 2.75) is 0 Å². The number of nitrogen functional groups attached to an aromatic ring is 1. The molecule has 0 aliphatic heterocycles. The first-order valence-corrected chi connectivity index (χ1v) is 5.61. The van der Waals surface area contributed by atoms with E-state index in [4.69, 9.17) is 5.84 Å². The first kappa shape index (κ1) is 12.8. The summed E-state index contributed by atoms with van der Waals surface area (Å²) >= 11 is 0.880. The van der Waals surface area contributed by atoms with Crippen molar-refractivity contribution in [3.63, 3.8) is 0 Å². The zero-order chi connectivity index (χ0) is 13.8. The molecule has 11 heteroatoms. The van der Waals surface area contributed by atoms with Gasteiger partial charge in [0.25, 0.3) is 11.6 Å². The van der Waals surface area contributed by atoms with Crippen LogP contribution in [0.3, 0.4) is 0 Å². The predicted octanol–water partition coefficient (Wildman–Crippen LogP) is 0.379. The number of carbonyl (C=O) groups excluding carboxylic acids is 1. The Morgan fingerprint density at radius 2 is 2.26 bits per heavy atom. The molecule has 0 fully saturated rings. The summed E-state index contributed by atoms with van der Waals surface area (Å²) < 4.78 is 3.47. The fraction of sp³-hybridized carbons (Fsp3) is 0. The monoisotopic (exact) mass is 281 g/mol. The second-order valence-electron chi connectivity index (χ2n) is 3.22. The van der Waals surface area contributed by atoms with E-state index in [9.17, 15) is 14.9 Å². The van der Waals surface area contributed by atoms with E-state index >= 15 is 0 Å². The summed E-state index contributed by atoms with van der Waals surface area (Å²) in [6.07, 6.45) is 0. The highest BCUT2D eigenvalue weighted by atomic mass is 32.1. The largest absolute Gasteiger partial charge is 0.318 e. The normalized spacial score (nSPS) is 9.95. The van der Waals surface area contributed by atoms with Gasteiger partial charge in [-0.05, 0) is 11.3 Å². The van der Waals surface area contributed by atoms with Gasteiger partial charge < -0.3 is 5.43 Å². The number of hydrazine groups is 1. The van der Waals surface area contributed by atoms with E-state index in [1.165, 1.54) is 18.2 Å². The summed E-state index contributed by atoms with van der Waals surface area (Å²) in [5, 5.41) is 20.3. The highest BCUT2D eigenvalue weighted by Gasteiger charge is 2.21. The van der Waals surface area contributed by atoms with Crippen LogP contribution in [0.2, 0.25) is 0 Å². The van der Waals surface area contributed by atoms with Gasteiger partial charge in [0.1, 0.15) is 5.69 Å². The van der Waals surface area contributed by atoms with Gasteiger partial charge in [0.15, 0.2) is 0 Å². The van der Waals surface area contributed by atoms with Crippen molar-refractivity contribution in [2.24, 2.45) is 5.84 Å². The lowest BCUT2D eigenvalue weighted by molar-refractivity contribution is -0.384. The number of hydrogen-bond acceptors (Lipinski definition) is 9. The zero-order valence-corrected chi connectivity index (χ0v) is 10.0. The van der Waals surface area contributed by atoms with Gasteiger partial charge >= 0.3 is 0 Å². The third-order valence-electron chi connectivity index (χ3n) is 2.15. The number of hydrogen-bond donors (Lipinski definition) is 3. The molecule has 19 heavy (non-hydrogen) atoms. The Hall–Kier alpha value is -2.66.